The molecule has 6 nitrogen and oxygen atoms in total. The van der Waals surface area contributed by atoms with Gasteiger partial charge in [-0.25, -0.2) is 9.67 Å². The third-order valence-electron chi connectivity index (χ3n) is 3.57. The lowest BCUT2D eigenvalue weighted by Gasteiger charge is -2.23. The molecule has 0 aliphatic carbocycles. The van der Waals surface area contributed by atoms with Crippen LogP contribution in [0, 0.1) is 5.41 Å². The molecule has 20 heavy (non-hydrogen) atoms. The summed E-state index contributed by atoms with van der Waals surface area (Å²) in [6, 6.07) is 9.13. The average molecular weight is 270 g/mol. The van der Waals surface area contributed by atoms with E-state index in [1.54, 1.807) is 26.0 Å². The standard InChI is InChI=1S/C14H14N4O2/c1-14(2)11(19)12(17-9-15-8-16-17)18(13(14)20)10-6-4-3-5-7-10/h3-9,12H,1-2H3. The van der Waals surface area contributed by atoms with Gasteiger partial charge >= 0.3 is 0 Å². The molecule has 102 valence electrons. The lowest BCUT2D eigenvalue weighted by atomic mass is 9.90. The molecule has 6 heteroatoms. The van der Waals surface area contributed by atoms with Gasteiger partial charge in [0, 0.05) is 5.69 Å². The molecule has 0 spiro atoms. The highest BCUT2D eigenvalue weighted by Crippen LogP contribution is 2.40. The van der Waals surface area contributed by atoms with Crippen molar-refractivity contribution >= 4 is 17.4 Å². The van der Waals surface area contributed by atoms with Crippen LogP contribution in [-0.4, -0.2) is 26.5 Å². The second-order valence-electron chi connectivity index (χ2n) is 5.25. The van der Waals surface area contributed by atoms with Crippen LogP contribution in [0.2, 0.25) is 0 Å². The van der Waals surface area contributed by atoms with E-state index >= 15 is 0 Å². The number of ketones is 1. The fourth-order valence-electron chi connectivity index (χ4n) is 2.39. The summed E-state index contributed by atoms with van der Waals surface area (Å²) in [4.78, 5) is 30.5. The van der Waals surface area contributed by atoms with Crippen molar-refractivity contribution in [2.75, 3.05) is 4.90 Å². The smallest absolute Gasteiger partial charge is 0.242 e. The Hall–Kier alpha value is -2.50. The van der Waals surface area contributed by atoms with Crippen LogP contribution >= 0.6 is 0 Å². The normalized spacial score (nSPS) is 21.5. The van der Waals surface area contributed by atoms with Crippen molar-refractivity contribution in [3.63, 3.8) is 0 Å². The number of hydrogen-bond donors (Lipinski definition) is 0. The maximum Gasteiger partial charge on any atom is 0.242 e. The number of para-hydroxylation sites is 1. The van der Waals surface area contributed by atoms with E-state index in [0.29, 0.717) is 5.69 Å². The van der Waals surface area contributed by atoms with Gasteiger partial charge in [-0.2, -0.15) is 5.10 Å². The van der Waals surface area contributed by atoms with Crippen LogP contribution in [0.15, 0.2) is 43.0 Å². The lowest BCUT2D eigenvalue weighted by molar-refractivity contribution is -0.133. The van der Waals surface area contributed by atoms with Gasteiger partial charge in [-0.15, -0.1) is 0 Å². The Labute approximate surface area is 116 Å². The zero-order chi connectivity index (χ0) is 14.3. The number of amides is 1. The first kappa shape index (κ1) is 12.5. The second kappa shape index (κ2) is 4.26. The van der Waals surface area contributed by atoms with Crippen LogP contribution in [0.25, 0.3) is 0 Å². The SMILES string of the molecule is CC1(C)C(=O)C(n2cncn2)N(c2ccccc2)C1=O. The molecule has 1 aromatic heterocycles. The minimum Gasteiger partial charge on any atom is -0.294 e. The third kappa shape index (κ3) is 1.65. The number of Topliss-reactive ketones (excluding diaryl/α,β-unsaturated/α-hetero) is 1. The number of carbonyl (C=O) groups is 2. The predicted molar refractivity (Wildman–Crippen MR) is 71.8 cm³/mol. The molecule has 3 rings (SSSR count). The largest absolute Gasteiger partial charge is 0.294 e. The van der Waals surface area contributed by atoms with Gasteiger partial charge < -0.3 is 0 Å². The molecule has 1 amide bonds. The van der Waals surface area contributed by atoms with Gasteiger partial charge in [0.2, 0.25) is 5.91 Å². The maximum atomic E-state index is 12.6. The van der Waals surface area contributed by atoms with Gasteiger partial charge in [0.25, 0.3) is 0 Å². The first-order valence-corrected chi connectivity index (χ1v) is 6.30. The molecule has 0 radical (unpaired) electrons. The van der Waals surface area contributed by atoms with Crippen molar-refractivity contribution in [3.8, 4) is 0 Å². The van der Waals surface area contributed by atoms with Crippen LogP contribution in [0.3, 0.4) is 0 Å². The zero-order valence-electron chi connectivity index (χ0n) is 11.2. The highest BCUT2D eigenvalue weighted by atomic mass is 16.2. The summed E-state index contributed by atoms with van der Waals surface area (Å²) in [5.41, 5.74) is -0.385. The van der Waals surface area contributed by atoms with E-state index in [9.17, 15) is 9.59 Å². The van der Waals surface area contributed by atoms with Crippen LogP contribution in [0.5, 0.6) is 0 Å². The molecule has 1 unspecified atom stereocenters. The Balaban J connectivity index is 2.14. The van der Waals surface area contributed by atoms with Crippen molar-refractivity contribution in [2.24, 2.45) is 5.41 Å². The van der Waals surface area contributed by atoms with Gasteiger partial charge in [-0.1, -0.05) is 18.2 Å². The summed E-state index contributed by atoms with van der Waals surface area (Å²) < 4.78 is 1.42. The summed E-state index contributed by atoms with van der Waals surface area (Å²) in [6.07, 6.45) is 2.03. The first-order valence-electron chi connectivity index (χ1n) is 6.30. The van der Waals surface area contributed by atoms with Crippen molar-refractivity contribution in [2.45, 2.75) is 20.0 Å². The zero-order valence-corrected chi connectivity index (χ0v) is 11.2. The molecule has 1 atom stereocenters. The average Bonchev–Trinajstić information content (AvgIpc) is 3.02. The van der Waals surface area contributed by atoms with Gasteiger partial charge in [0.1, 0.15) is 18.1 Å². The Morgan fingerprint density at radius 1 is 1.15 bits per heavy atom. The maximum absolute atomic E-state index is 12.6. The number of aromatic nitrogens is 3. The second-order valence-corrected chi connectivity index (χ2v) is 5.25. The van der Waals surface area contributed by atoms with E-state index in [1.165, 1.54) is 22.2 Å². The monoisotopic (exact) mass is 270 g/mol. The summed E-state index contributed by atoms with van der Waals surface area (Å²) in [5.74, 6) is -0.411. The molecule has 0 N–H and O–H groups in total. The molecular formula is C14H14N4O2. The van der Waals surface area contributed by atoms with Gasteiger partial charge in [0.05, 0.1) is 0 Å². The molecule has 2 heterocycles. The quantitative estimate of drug-likeness (QED) is 0.774. The molecule has 2 aromatic rings. The topological polar surface area (TPSA) is 68.1 Å². The molecule has 1 fully saturated rings. The minimum atomic E-state index is -1.06. The highest BCUT2D eigenvalue weighted by Gasteiger charge is 2.54. The van der Waals surface area contributed by atoms with Crippen LogP contribution in [0.1, 0.15) is 20.0 Å². The Morgan fingerprint density at radius 3 is 2.45 bits per heavy atom. The number of rotatable bonds is 2. The number of carbonyl (C=O) groups excluding carboxylic acids is 2. The number of benzene rings is 1. The van der Waals surface area contributed by atoms with Gasteiger partial charge in [-0.05, 0) is 26.0 Å². The molecule has 1 aromatic carbocycles. The van der Waals surface area contributed by atoms with Crippen molar-refractivity contribution in [1.82, 2.24) is 14.8 Å². The Morgan fingerprint density at radius 2 is 1.85 bits per heavy atom. The number of nitrogens with zero attached hydrogens (tertiary/aromatic N) is 4. The van der Waals surface area contributed by atoms with E-state index in [-0.39, 0.29) is 11.7 Å². The molecule has 0 saturated carbocycles. The first-order chi connectivity index (χ1) is 9.53. The molecule has 1 saturated heterocycles. The Bertz CT molecular complexity index is 649. The summed E-state index contributed by atoms with van der Waals surface area (Å²) in [5, 5.41) is 4.02. The summed E-state index contributed by atoms with van der Waals surface area (Å²) in [6.45, 7) is 3.29. The fourth-order valence-corrected chi connectivity index (χ4v) is 2.39. The van der Waals surface area contributed by atoms with Crippen LogP contribution in [-0.2, 0) is 9.59 Å². The predicted octanol–water partition coefficient (Wildman–Crippen LogP) is 1.42. The van der Waals surface area contributed by atoms with Crippen molar-refractivity contribution < 1.29 is 9.59 Å². The summed E-state index contributed by atoms with van der Waals surface area (Å²) in [7, 11) is 0. The van der Waals surface area contributed by atoms with Gasteiger partial charge in [0.15, 0.2) is 11.9 Å². The number of hydrogen-bond acceptors (Lipinski definition) is 4. The third-order valence-corrected chi connectivity index (χ3v) is 3.57. The van der Waals surface area contributed by atoms with E-state index < -0.39 is 11.6 Å². The van der Waals surface area contributed by atoms with Crippen molar-refractivity contribution in [3.05, 3.63) is 43.0 Å². The van der Waals surface area contributed by atoms with E-state index in [1.807, 2.05) is 18.2 Å². The van der Waals surface area contributed by atoms with E-state index in [2.05, 4.69) is 10.1 Å². The van der Waals surface area contributed by atoms with Gasteiger partial charge in [-0.3, -0.25) is 14.5 Å². The van der Waals surface area contributed by atoms with Crippen molar-refractivity contribution in [1.29, 1.82) is 0 Å². The van der Waals surface area contributed by atoms with Crippen LogP contribution in [0.4, 0.5) is 5.69 Å². The molecular weight excluding hydrogens is 256 g/mol. The molecule has 1 aliphatic heterocycles. The van der Waals surface area contributed by atoms with E-state index in [0.717, 1.165) is 0 Å². The highest BCUT2D eigenvalue weighted by molar-refractivity contribution is 6.21. The lowest BCUT2D eigenvalue weighted by Crippen LogP contribution is -2.34. The Kier molecular flexibility index (Phi) is 2.67. The minimum absolute atomic E-state index is 0.183. The fraction of sp³-hybridized carbons (Fsp3) is 0.286. The van der Waals surface area contributed by atoms with E-state index in [4.69, 9.17) is 0 Å². The van der Waals surface area contributed by atoms with Crippen LogP contribution < -0.4 is 4.90 Å². The molecule has 0 bridgehead atoms. The summed E-state index contributed by atoms with van der Waals surface area (Å²) >= 11 is 0. The number of anilines is 1. The molecule has 1 aliphatic rings.